The molecule has 1 rings (SSSR count). The van der Waals surface area contributed by atoms with E-state index in [2.05, 4.69) is 5.32 Å². The zero-order valence-corrected chi connectivity index (χ0v) is 10.4. The zero-order chi connectivity index (χ0) is 13.4. The smallest absolute Gasteiger partial charge is 0.407 e. The molecule has 0 aliphatic rings. The maximum absolute atomic E-state index is 11.2. The number of hydrogen-bond acceptors (Lipinski definition) is 4. The van der Waals surface area contributed by atoms with E-state index in [1.807, 2.05) is 0 Å². The van der Waals surface area contributed by atoms with E-state index in [0.29, 0.717) is 17.9 Å². The number of nitro groups is 1. The van der Waals surface area contributed by atoms with Gasteiger partial charge in [0.25, 0.3) is 5.69 Å². The first kappa shape index (κ1) is 14.3. The van der Waals surface area contributed by atoms with Crippen LogP contribution in [0.5, 0.6) is 0 Å². The maximum Gasteiger partial charge on any atom is 0.407 e. The van der Waals surface area contributed by atoms with Crippen molar-refractivity contribution in [3.8, 4) is 0 Å². The van der Waals surface area contributed by atoms with Crippen molar-refractivity contribution in [2.45, 2.75) is 13.0 Å². The molecule has 0 bridgehead atoms. The number of carbonyl (C=O) groups is 1. The Morgan fingerprint density at radius 1 is 1.39 bits per heavy atom. The van der Waals surface area contributed by atoms with Gasteiger partial charge in [0.15, 0.2) is 0 Å². The first-order valence-corrected chi connectivity index (χ1v) is 5.93. The molecule has 1 N–H and O–H groups in total. The summed E-state index contributed by atoms with van der Waals surface area (Å²) < 4.78 is 4.92. The second-order valence-corrected chi connectivity index (χ2v) is 3.89. The molecule has 6 nitrogen and oxygen atoms in total. The van der Waals surface area contributed by atoms with Crippen molar-refractivity contribution in [2.24, 2.45) is 0 Å². The summed E-state index contributed by atoms with van der Waals surface area (Å²) in [7, 11) is 0. The molecule has 0 fully saturated rings. The van der Waals surface area contributed by atoms with E-state index in [4.69, 9.17) is 17.4 Å². The van der Waals surface area contributed by atoms with Crippen LogP contribution in [0.25, 0.3) is 0 Å². The molecule has 0 aliphatic heterocycles. The summed E-state index contributed by atoms with van der Waals surface area (Å²) in [5.74, 6) is 0.586. The molecule has 7 heteroatoms. The third kappa shape index (κ3) is 5.05. The molecule has 1 radical (unpaired) electrons. The van der Waals surface area contributed by atoms with Crippen LogP contribution < -0.4 is 5.32 Å². The molecule has 1 aromatic rings. The minimum atomic E-state index is -0.517. The van der Waals surface area contributed by atoms with E-state index in [0.717, 1.165) is 6.42 Å². The third-order valence-electron chi connectivity index (χ3n) is 2.11. The lowest BCUT2D eigenvalue weighted by Gasteiger charge is -2.06. The van der Waals surface area contributed by atoms with Crippen molar-refractivity contribution in [2.75, 3.05) is 12.3 Å². The van der Waals surface area contributed by atoms with Crippen molar-refractivity contribution in [1.82, 2.24) is 5.32 Å². The van der Waals surface area contributed by atoms with Gasteiger partial charge in [-0.1, -0.05) is 12.6 Å². The molecule has 0 saturated carbocycles. The highest BCUT2D eigenvalue weighted by Gasteiger charge is 2.05. The Kier molecular flexibility index (Phi) is 5.99. The van der Waals surface area contributed by atoms with Crippen molar-refractivity contribution in [3.63, 3.8) is 0 Å². The number of benzene rings is 1. The van der Waals surface area contributed by atoms with E-state index >= 15 is 0 Å². The summed E-state index contributed by atoms with van der Waals surface area (Å²) in [5, 5.41) is 13.0. The minimum Gasteiger partial charge on any atom is -0.445 e. The lowest BCUT2D eigenvalue weighted by Crippen LogP contribution is -2.25. The Morgan fingerprint density at radius 3 is 2.61 bits per heavy atom. The Morgan fingerprint density at radius 2 is 2.06 bits per heavy atom. The summed E-state index contributed by atoms with van der Waals surface area (Å²) in [6, 6.07) is 5.84. The SMILES string of the molecule is O=C(NCCC[S])OCc1ccc([N+](=O)[O-])cc1. The van der Waals surface area contributed by atoms with Gasteiger partial charge in [-0.15, -0.1) is 0 Å². The van der Waals surface area contributed by atoms with E-state index in [1.165, 1.54) is 12.1 Å². The minimum absolute atomic E-state index is 0.00801. The van der Waals surface area contributed by atoms with Crippen LogP contribution in [0.1, 0.15) is 12.0 Å². The molecule has 0 heterocycles. The molecule has 0 spiro atoms. The molecule has 0 unspecified atom stereocenters. The van der Waals surface area contributed by atoms with Crippen LogP contribution >= 0.6 is 12.6 Å². The fraction of sp³-hybridized carbons (Fsp3) is 0.364. The number of nitro benzene ring substituents is 1. The number of nitrogens with zero attached hydrogens (tertiary/aromatic N) is 1. The summed E-state index contributed by atoms with van der Waals surface area (Å²) in [5.41, 5.74) is 0.702. The largest absolute Gasteiger partial charge is 0.445 e. The second-order valence-electron chi connectivity index (χ2n) is 3.48. The van der Waals surface area contributed by atoms with Gasteiger partial charge >= 0.3 is 6.09 Å². The standard InChI is InChI=1S/C11H13N2O4S/c14-11(12-6-1-7-18)17-8-9-2-4-10(5-3-9)13(15)16/h2-5H,1,6-8H2,(H,12,14). The van der Waals surface area contributed by atoms with Crippen LogP contribution in [0.2, 0.25) is 0 Å². The summed E-state index contributed by atoms with van der Waals surface area (Å²) in [6.45, 7) is 0.570. The lowest BCUT2D eigenvalue weighted by atomic mass is 10.2. The summed E-state index contributed by atoms with van der Waals surface area (Å²) >= 11 is 4.73. The molecule has 0 aliphatic carbocycles. The van der Waals surface area contributed by atoms with Gasteiger partial charge in [0.2, 0.25) is 0 Å². The van der Waals surface area contributed by atoms with Crippen LogP contribution in [0.15, 0.2) is 24.3 Å². The van der Waals surface area contributed by atoms with Gasteiger partial charge in [0, 0.05) is 24.4 Å². The third-order valence-corrected chi connectivity index (χ3v) is 2.40. The molecule has 18 heavy (non-hydrogen) atoms. The number of nitrogens with one attached hydrogen (secondary N) is 1. The summed E-state index contributed by atoms with van der Waals surface area (Å²) in [6.07, 6.45) is 0.207. The average molecular weight is 269 g/mol. The number of non-ortho nitro benzene ring substituents is 1. The van der Waals surface area contributed by atoms with Crippen LogP contribution in [-0.4, -0.2) is 23.3 Å². The quantitative estimate of drug-likeness (QED) is 0.488. The van der Waals surface area contributed by atoms with Gasteiger partial charge in [-0.2, -0.15) is 0 Å². The van der Waals surface area contributed by atoms with Gasteiger partial charge in [-0.05, 0) is 24.1 Å². The van der Waals surface area contributed by atoms with E-state index in [1.54, 1.807) is 12.1 Å². The first-order valence-electron chi connectivity index (χ1n) is 5.35. The van der Waals surface area contributed by atoms with Gasteiger partial charge in [-0.3, -0.25) is 10.1 Å². The van der Waals surface area contributed by atoms with Crippen LogP contribution in [0.4, 0.5) is 10.5 Å². The maximum atomic E-state index is 11.2. The zero-order valence-electron chi connectivity index (χ0n) is 9.63. The molecule has 1 aromatic carbocycles. The predicted molar refractivity (Wildman–Crippen MR) is 68.4 cm³/mol. The van der Waals surface area contributed by atoms with Gasteiger partial charge in [0.05, 0.1) is 4.92 Å². The van der Waals surface area contributed by atoms with Crippen LogP contribution in [-0.2, 0) is 11.3 Å². The number of ether oxygens (including phenoxy) is 1. The monoisotopic (exact) mass is 269 g/mol. The highest BCUT2D eigenvalue weighted by atomic mass is 32.1. The average Bonchev–Trinajstić information content (AvgIpc) is 2.37. The molecule has 0 saturated heterocycles. The Labute approximate surface area is 110 Å². The van der Waals surface area contributed by atoms with Gasteiger partial charge < -0.3 is 10.1 Å². The Hall–Kier alpha value is -1.76. The number of rotatable bonds is 6. The van der Waals surface area contributed by atoms with Crippen LogP contribution in [0.3, 0.4) is 0 Å². The van der Waals surface area contributed by atoms with Crippen LogP contribution in [0, 0.1) is 10.1 Å². The van der Waals surface area contributed by atoms with Crippen molar-refractivity contribution >= 4 is 24.4 Å². The summed E-state index contributed by atoms with van der Waals surface area (Å²) in [4.78, 5) is 21.1. The molecule has 1 amide bonds. The van der Waals surface area contributed by atoms with E-state index < -0.39 is 11.0 Å². The highest BCUT2D eigenvalue weighted by molar-refractivity contribution is 7.80. The lowest BCUT2D eigenvalue weighted by molar-refractivity contribution is -0.384. The normalized spacial score (nSPS) is 9.83. The molecule has 0 aromatic heterocycles. The molecule has 0 atom stereocenters. The Bertz CT molecular complexity index is 408. The predicted octanol–water partition coefficient (Wildman–Crippen LogP) is 2.41. The van der Waals surface area contributed by atoms with Gasteiger partial charge in [0.1, 0.15) is 6.61 Å². The van der Waals surface area contributed by atoms with Crippen molar-refractivity contribution < 1.29 is 14.5 Å². The van der Waals surface area contributed by atoms with Gasteiger partial charge in [-0.25, -0.2) is 4.79 Å². The van der Waals surface area contributed by atoms with E-state index in [9.17, 15) is 14.9 Å². The first-order chi connectivity index (χ1) is 8.63. The fourth-order valence-electron chi connectivity index (χ4n) is 1.18. The number of hydrogen-bond donors (Lipinski definition) is 1. The topological polar surface area (TPSA) is 81.5 Å². The van der Waals surface area contributed by atoms with Crippen molar-refractivity contribution in [1.29, 1.82) is 0 Å². The second kappa shape index (κ2) is 7.54. The molecular formula is C11H13N2O4S. The van der Waals surface area contributed by atoms with Crippen molar-refractivity contribution in [3.05, 3.63) is 39.9 Å². The Balaban J connectivity index is 2.34. The van der Waals surface area contributed by atoms with E-state index in [-0.39, 0.29) is 12.3 Å². The number of carbonyl (C=O) groups excluding carboxylic acids is 1. The highest BCUT2D eigenvalue weighted by Crippen LogP contribution is 2.12. The number of alkyl carbamates (subject to hydrolysis) is 1. The molecular weight excluding hydrogens is 256 g/mol. The number of amides is 1. The fourth-order valence-corrected chi connectivity index (χ4v) is 1.32. The molecule has 97 valence electrons.